The summed E-state index contributed by atoms with van der Waals surface area (Å²) in [6, 6.07) is 3.84. The zero-order valence-electron chi connectivity index (χ0n) is 11.7. The predicted molar refractivity (Wildman–Crippen MR) is 76.0 cm³/mol. The first-order valence-corrected chi connectivity index (χ1v) is 6.64. The number of amides is 1. The highest BCUT2D eigenvalue weighted by Crippen LogP contribution is 2.19. The molecule has 6 heteroatoms. The highest BCUT2D eigenvalue weighted by atomic mass is 19.1. The normalized spacial score (nSPS) is 10.5. The van der Waals surface area contributed by atoms with E-state index in [9.17, 15) is 9.18 Å². The lowest BCUT2D eigenvalue weighted by atomic mass is 10.2. The second kappa shape index (κ2) is 9.28. The van der Waals surface area contributed by atoms with Crippen molar-refractivity contribution in [1.29, 1.82) is 0 Å². The van der Waals surface area contributed by atoms with Crippen molar-refractivity contribution in [2.75, 3.05) is 37.5 Å². The highest BCUT2D eigenvalue weighted by Gasteiger charge is 2.06. The van der Waals surface area contributed by atoms with Gasteiger partial charge in [-0.25, -0.2) is 4.39 Å². The second-order valence-corrected chi connectivity index (χ2v) is 4.25. The van der Waals surface area contributed by atoms with Gasteiger partial charge in [-0.1, -0.05) is 6.92 Å². The summed E-state index contributed by atoms with van der Waals surface area (Å²) in [6.45, 7) is 4.05. The zero-order chi connectivity index (χ0) is 14.8. The van der Waals surface area contributed by atoms with Crippen molar-refractivity contribution in [3.63, 3.8) is 0 Å². The van der Waals surface area contributed by atoms with Crippen LogP contribution < -0.4 is 11.1 Å². The highest BCUT2D eigenvalue weighted by molar-refractivity contribution is 5.93. The van der Waals surface area contributed by atoms with Gasteiger partial charge in [0.2, 0.25) is 5.91 Å². The molecule has 3 N–H and O–H groups in total. The van der Waals surface area contributed by atoms with Crippen molar-refractivity contribution in [2.24, 2.45) is 0 Å². The molecular weight excluding hydrogens is 263 g/mol. The summed E-state index contributed by atoms with van der Waals surface area (Å²) >= 11 is 0. The van der Waals surface area contributed by atoms with Crippen LogP contribution >= 0.6 is 0 Å². The van der Waals surface area contributed by atoms with E-state index in [1.165, 1.54) is 12.1 Å². The SMILES string of the molecule is CCCOCCOCCC(=O)Nc1ccc(F)cc1N. The maximum Gasteiger partial charge on any atom is 0.226 e. The van der Waals surface area contributed by atoms with E-state index in [4.69, 9.17) is 15.2 Å². The van der Waals surface area contributed by atoms with Gasteiger partial charge in [0.1, 0.15) is 5.82 Å². The number of nitrogen functional groups attached to an aromatic ring is 1. The average molecular weight is 284 g/mol. The molecule has 0 radical (unpaired) electrons. The number of anilines is 2. The topological polar surface area (TPSA) is 73.6 Å². The van der Waals surface area contributed by atoms with Crippen LogP contribution in [0.2, 0.25) is 0 Å². The maximum absolute atomic E-state index is 12.8. The lowest BCUT2D eigenvalue weighted by Gasteiger charge is -2.08. The van der Waals surface area contributed by atoms with Crippen molar-refractivity contribution >= 4 is 17.3 Å². The molecule has 0 saturated carbocycles. The number of hydrogen-bond acceptors (Lipinski definition) is 4. The Morgan fingerprint density at radius 2 is 1.95 bits per heavy atom. The van der Waals surface area contributed by atoms with Crippen LogP contribution in [0.25, 0.3) is 0 Å². The summed E-state index contributed by atoms with van der Waals surface area (Å²) in [7, 11) is 0. The van der Waals surface area contributed by atoms with Crippen LogP contribution in [0.3, 0.4) is 0 Å². The van der Waals surface area contributed by atoms with Gasteiger partial charge >= 0.3 is 0 Å². The fraction of sp³-hybridized carbons (Fsp3) is 0.500. The van der Waals surface area contributed by atoms with Gasteiger partial charge in [0.25, 0.3) is 0 Å². The molecule has 1 amide bonds. The molecule has 0 saturated heterocycles. The third-order valence-electron chi connectivity index (χ3n) is 2.48. The predicted octanol–water partition coefficient (Wildman–Crippen LogP) is 2.18. The fourth-order valence-corrected chi connectivity index (χ4v) is 1.49. The summed E-state index contributed by atoms with van der Waals surface area (Å²) < 4.78 is 23.3. The Labute approximate surface area is 118 Å². The van der Waals surface area contributed by atoms with E-state index in [0.29, 0.717) is 32.1 Å². The lowest BCUT2D eigenvalue weighted by molar-refractivity contribution is -0.117. The van der Waals surface area contributed by atoms with E-state index >= 15 is 0 Å². The molecule has 0 spiro atoms. The Hall–Kier alpha value is -1.66. The molecule has 0 aromatic heterocycles. The van der Waals surface area contributed by atoms with E-state index in [1.807, 2.05) is 6.92 Å². The molecule has 20 heavy (non-hydrogen) atoms. The van der Waals surface area contributed by atoms with Gasteiger partial charge in [-0.3, -0.25) is 4.79 Å². The van der Waals surface area contributed by atoms with E-state index in [1.54, 1.807) is 0 Å². The van der Waals surface area contributed by atoms with E-state index in [0.717, 1.165) is 12.5 Å². The van der Waals surface area contributed by atoms with E-state index in [2.05, 4.69) is 5.32 Å². The third kappa shape index (κ3) is 6.49. The molecule has 0 bridgehead atoms. The van der Waals surface area contributed by atoms with Crippen molar-refractivity contribution in [3.8, 4) is 0 Å². The monoisotopic (exact) mass is 284 g/mol. The number of nitrogens with one attached hydrogen (secondary N) is 1. The number of ether oxygens (including phenoxy) is 2. The molecule has 0 fully saturated rings. The summed E-state index contributed by atoms with van der Waals surface area (Å²) in [5.41, 5.74) is 6.20. The zero-order valence-corrected chi connectivity index (χ0v) is 11.7. The number of carbonyl (C=O) groups excluding carboxylic acids is 1. The molecule has 0 aliphatic heterocycles. The Morgan fingerprint density at radius 1 is 1.25 bits per heavy atom. The van der Waals surface area contributed by atoms with Gasteiger partial charge in [0.05, 0.1) is 37.6 Å². The summed E-state index contributed by atoms with van der Waals surface area (Å²) in [4.78, 5) is 11.6. The van der Waals surface area contributed by atoms with Gasteiger partial charge in [-0.05, 0) is 24.6 Å². The Morgan fingerprint density at radius 3 is 2.60 bits per heavy atom. The molecule has 0 aliphatic carbocycles. The van der Waals surface area contributed by atoms with Gasteiger partial charge in [0.15, 0.2) is 0 Å². The number of rotatable bonds is 9. The molecule has 0 atom stereocenters. The Balaban J connectivity index is 2.17. The minimum Gasteiger partial charge on any atom is -0.397 e. The number of halogens is 1. The molecule has 112 valence electrons. The second-order valence-electron chi connectivity index (χ2n) is 4.25. The van der Waals surface area contributed by atoms with Crippen LogP contribution in [0.15, 0.2) is 18.2 Å². The molecule has 0 aliphatic rings. The third-order valence-corrected chi connectivity index (χ3v) is 2.48. The summed E-state index contributed by atoms with van der Waals surface area (Å²) in [6.07, 6.45) is 1.19. The standard InChI is InChI=1S/C14H21FN2O3/c1-2-6-19-8-9-20-7-5-14(18)17-13-4-3-11(15)10-12(13)16/h3-4,10H,2,5-9,16H2,1H3,(H,17,18). The first-order valence-electron chi connectivity index (χ1n) is 6.64. The smallest absolute Gasteiger partial charge is 0.226 e. The molecule has 1 rings (SSSR count). The number of carbonyl (C=O) groups is 1. The van der Waals surface area contributed by atoms with Crippen LogP contribution in [0.1, 0.15) is 19.8 Å². The molecule has 0 heterocycles. The van der Waals surface area contributed by atoms with Crippen LogP contribution in [0.4, 0.5) is 15.8 Å². The first-order chi connectivity index (χ1) is 9.63. The number of hydrogen-bond donors (Lipinski definition) is 2. The minimum atomic E-state index is -0.434. The Kier molecular flexibility index (Phi) is 7.60. The van der Waals surface area contributed by atoms with Gasteiger partial charge in [-0.2, -0.15) is 0 Å². The lowest BCUT2D eigenvalue weighted by Crippen LogP contribution is -2.16. The summed E-state index contributed by atoms with van der Waals surface area (Å²) in [5.74, 6) is -0.659. The Bertz CT molecular complexity index is 427. The van der Waals surface area contributed by atoms with Crippen LogP contribution in [0, 0.1) is 5.82 Å². The molecule has 0 unspecified atom stereocenters. The van der Waals surface area contributed by atoms with Crippen molar-refractivity contribution in [1.82, 2.24) is 0 Å². The van der Waals surface area contributed by atoms with Crippen molar-refractivity contribution in [2.45, 2.75) is 19.8 Å². The van der Waals surface area contributed by atoms with Crippen molar-refractivity contribution < 1.29 is 18.7 Å². The van der Waals surface area contributed by atoms with Gasteiger partial charge in [-0.15, -0.1) is 0 Å². The molecule has 1 aromatic carbocycles. The van der Waals surface area contributed by atoms with Crippen LogP contribution in [-0.2, 0) is 14.3 Å². The molecular formula is C14H21FN2O3. The van der Waals surface area contributed by atoms with Crippen LogP contribution in [0.5, 0.6) is 0 Å². The van der Waals surface area contributed by atoms with Gasteiger partial charge in [0, 0.05) is 6.61 Å². The maximum atomic E-state index is 12.8. The van der Waals surface area contributed by atoms with Crippen molar-refractivity contribution in [3.05, 3.63) is 24.0 Å². The molecule has 1 aromatic rings. The first kappa shape index (κ1) is 16.4. The summed E-state index contributed by atoms with van der Waals surface area (Å²) in [5, 5.41) is 2.61. The van der Waals surface area contributed by atoms with E-state index in [-0.39, 0.29) is 18.0 Å². The van der Waals surface area contributed by atoms with E-state index < -0.39 is 5.82 Å². The minimum absolute atomic E-state index is 0.201. The van der Waals surface area contributed by atoms with Crippen LogP contribution in [-0.4, -0.2) is 32.3 Å². The fourth-order valence-electron chi connectivity index (χ4n) is 1.49. The number of benzene rings is 1. The quantitative estimate of drug-likeness (QED) is 0.538. The average Bonchev–Trinajstić information content (AvgIpc) is 2.41. The number of nitrogens with two attached hydrogens (primary N) is 1. The van der Waals surface area contributed by atoms with Gasteiger partial charge < -0.3 is 20.5 Å². The largest absolute Gasteiger partial charge is 0.397 e. The molecule has 5 nitrogen and oxygen atoms in total.